The van der Waals surface area contributed by atoms with Gasteiger partial charge in [0.05, 0.1) is 5.75 Å². The molecule has 1 fully saturated rings. The highest BCUT2D eigenvalue weighted by Crippen LogP contribution is 2.28. The molecule has 0 bridgehead atoms. The van der Waals surface area contributed by atoms with E-state index in [1.165, 1.54) is 6.42 Å². The summed E-state index contributed by atoms with van der Waals surface area (Å²) in [6, 6.07) is 7.09. The van der Waals surface area contributed by atoms with Crippen LogP contribution in [0.15, 0.2) is 24.3 Å². The molecule has 0 amide bonds. The molecule has 0 aliphatic heterocycles. The fraction of sp³-hybridized carbons (Fsp3) is 0.533. The lowest BCUT2D eigenvalue weighted by atomic mass is 9.84. The summed E-state index contributed by atoms with van der Waals surface area (Å²) in [5.74, 6) is -0.0426. The molecule has 6 heteroatoms. The summed E-state index contributed by atoms with van der Waals surface area (Å²) in [7, 11) is -3.37. The maximum atomic E-state index is 12.4. The zero-order valence-corrected chi connectivity index (χ0v) is 13.9. The molecule has 1 aromatic carbocycles. The van der Waals surface area contributed by atoms with E-state index in [1.807, 2.05) is 6.92 Å². The molecule has 0 radical (unpaired) electrons. The molecule has 0 heterocycles. The standard InChI is InChI=1S/C15H22N2O2S2/c1-15(8-3-2-4-9-15)17-21(18,19)11-12-6-5-7-13(10-12)14(16)20/h5-7,10,17H,2-4,8-9,11H2,1H3,(H2,16,20). The quantitative estimate of drug-likeness (QED) is 0.815. The normalized spacial score (nSPS) is 18.3. The maximum absolute atomic E-state index is 12.4. The summed E-state index contributed by atoms with van der Waals surface area (Å²) in [5.41, 5.74) is 6.67. The highest BCUT2D eigenvalue weighted by Gasteiger charge is 2.31. The van der Waals surface area contributed by atoms with Gasteiger partial charge in [0.1, 0.15) is 4.99 Å². The third-order valence-electron chi connectivity index (χ3n) is 3.93. The fourth-order valence-electron chi connectivity index (χ4n) is 2.88. The number of sulfonamides is 1. The van der Waals surface area contributed by atoms with Gasteiger partial charge in [0, 0.05) is 11.1 Å². The van der Waals surface area contributed by atoms with E-state index < -0.39 is 10.0 Å². The van der Waals surface area contributed by atoms with Gasteiger partial charge in [0.15, 0.2) is 0 Å². The van der Waals surface area contributed by atoms with Crippen LogP contribution in [0.1, 0.15) is 50.2 Å². The average Bonchev–Trinajstić information content (AvgIpc) is 2.37. The molecule has 1 saturated carbocycles. The minimum atomic E-state index is -3.37. The second-order valence-electron chi connectivity index (χ2n) is 6.05. The topological polar surface area (TPSA) is 72.2 Å². The lowest BCUT2D eigenvalue weighted by Crippen LogP contribution is -2.47. The Hall–Kier alpha value is -0.980. The van der Waals surface area contributed by atoms with Gasteiger partial charge in [-0.2, -0.15) is 0 Å². The van der Waals surface area contributed by atoms with Crippen molar-refractivity contribution in [1.29, 1.82) is 0 Å². The van der Waals surface area contributed by atoms with Gasteiger partial charge in [0.25, 0.3) is 0 Å². The molecule has 0 saturated heterocycles. The van der Waals surface area contributed by atoms with Gasteiger partial charge in [-0.25, -0.2) is 13.1 Å². The molecule has 0 spiro atoms. The molecule has 3 N–H and O–H groups in total. The zero-order valence-electron chi connectivity index (χ0n) is 12.3. The Morgan fingerprint density at radius 2 is 2.00 bits per heavy atom. The van der Waals surface area contributed by atoms with Crippen molar-refractivity contribution in [3.8, 4) is 0 Å². The second kappa shape index (κ2) is 6.42. The third kappa shape index (κ3) is 4.76. The van der Waals surface area contributed by atoms with E-state index >= 15 is 0 Å². The maximum Gasteiger partial charge on any atom is 0.216 e. The molecule has 1 aliphatic rings. The number of nitrogens with two attached hydrogens (primary N) is 1. The molecule has 4 nitrogen and oxygen atoms in total. The first-order valence-corrected chi connectivity index (χ1v) is 9.26. The Morgan fingerprint density at radius 1 is 1.33 bits per heavy atom. The minimum absolute atomic E-state index is 0.0426. The number of rotatable bonds is 5. The van der Waals surface area contributed by atoms with Gasteiger partial charge in [-0.05, 0) is 31.4 Å². The first-order chi connectivity index (χ1) is 9.80. The van der Waals surface area contributed by atoms with Crippen LogP contribution in [-0.2, 0) is 15.8 Å². The van der Waals surface area contributed by atoms with Crippen LogP contribution in [0.4, 0.5) is 0 Å². The van der Waals surface area contributed by atoms with Gasteiger partial charge in [-0.1, -0.05) is 49.7 Å². The molecule has 0 unspecified atom stereocenters. The molecule has 116 valence electrons. The Morgan fingerprint density at radius 3 is 2.62 bits per heavy atom. The minimum Gasteiger partial charge on any atom is -0.389 e. The largest absolute Gasteiger partial charge is 0.389 e. The second-order valence-corrected chi connectivity index (χ2v) is 8.21. The molecule has 1 aromatic rings. The van der Waals surface area contributed by atoms with Gasteiger partial charge in [-0.3, -0.25) is 0 Å². The Kier molecular flexibility index (Phi) is 5.01. The summed E-state index contributed by atoms with van der Waals surface area (Å²) < 4.78 is 27.6. The smallest absolute Gasteiger partial charge is 0.216 e. The van der Waals surface area contributed by atoms with Crippen LogP contribution in [0.5, 0.6) is 0 Å². The van der Waals surface area contributed by atoms with E-state index in [-0.39, 0.29) is 16.3 Å². The average molecular weight is 326 g/mol. The van der Waals surface area contributed by atoms with Crippen LogP contribution in [-0.4, -0.2) is 18.9 Å². The molecule has 2 rings (SSSR count). The molecule has 0 aromatic heterocycles. The Bertz CT molecular complexity index is 620. The van der Waals surface area contributed by atoms with Crippen LogP contribution >= 0.6 is 12.2 Å². The van der Waals surface area contributed by atoms with Gasteiger partial charge < -0.3 is 5.73 Å². The number of thiocarbonyl (C=S) groups is 1. The number of hydrogen-bond donors (Lipinski definition) is 2. The highest BCUT2D eigenvalue weighted by atomic mass is 32.2. The van der Waals surface area contributed by atoms with Crippen molar-refractivity contribution in [1.82, 2.24) is 4.72 Å². The Labute approximate surface area is 132 Å². The molecule has 1 aliphatic carbocycles. The van der Waals surface area contributed by atoms with Crippen LogP contribution in [0.25, 0.3) is 0 Å². The molecular weight excluding hydrogens is 304 g/mol. The predicted octanol–water partition coefficient (Wildman–Crippen LogP) is 2.46. The van der Waals surface area contributed by atoms with Crippen molar-refractivity contribution < 1.29 is 8.42 Å². The summed E-state index contributed by atoms with van der Waals surface area (Å²) in [4.78, 5) is 0.279. The number of benzene rings is 1. The third-order valence-corrected chi connectivity index (χ3v) is 5.68. The van der Waals surface area contributed by atoms with E-state index in [0.29, 0.717) is 11.1 Å². The molecule has 21 heavy (non-hydrogen) atoms. The van der Waals surface area contributed by atoms with Crippen molar-refractivity contribution in [3.05, 3.63) is 35.4 Å². The van der Waals surface area contributed by atoms with Gasteiger partial charge >= 0.3 is 0 Å². The zero-order chi connectivity index (χ0) is 15.5. The highest BCUT2D eigenvalue weighted by molar-refractivity contribution is 7.88. The van der Waals surface area contributed by atoms with Gasteiger partial charge in [0.2, 0.25) is 10.0 Å². The Balaban J connectivity index is 2.10. The SMILES string of the molecule is CC1(NS(=O)(=O)Cc2cccc(C(N)=S)c2)CCCCC1. The lowest BCUT2D eigenvalue weighted by molar-refractivity contribution is 0.294. The summed E-state index contributed by atoms with van der Waals surface area (Å²) in [6.45, 7) is 2.00. The van der Waals surface area contributed by atoms with E-state index in [4.69, 9.17) is 18.0 Å². The van der Waals surface area contributed by atoms with Crippen molar-refractivity contribution in [2.45, 2.75) is 50.3 Å². The van der Waals surface area contributed by atoms with Crippen molar-refractivity contribution in [3.63, 3.8) is 0 Å². The van der Waals surface area contributed by atoms with E-state index in [0.717, 1.165) is 25.7 Å². The van der Waals surface area contributed by atoms with Crippen LogP contribution in [0.3, 0.4) is 0 Å². The molecular formula is C15H22N2O2S2. The molecule has 0 atom stereocenters. The van der Waals surface area contributed by atoms with Gasteiger partial charge in [-0.15, -0.1) is 0 Å². The monoisotopic (exact) mass is 326 g/mol. The van der Waals surface area contributed by atoms with Crippen LogP contribution in [0, 0.1) is 0 Å². The van der Waals surface area contributed by atoms with Crippen LogP contribution < -0.4 is 10.5 Å². The van der Waals surface area contributed by atoms with E-state index in [9.17, 15) is 8.42 Å². The fourth-order valence-corrected chi connectivity index (χ4v) is 4.65. The first kappa shape index (κ1) is 16.4. The van der Waals surface area contributed by atoms with Crippen LogP contribution in [0.2, 0.25) is 0 Å². The number of hydrogen-bond acceptors (Lipinski definition) is 3. The summed E-state index contributed by atoms with van der Waals surface area (Å²) in [5, 5.41) is 0. The predicted molar refractivity (Wildman–Crippen MR) is 89.6 cm³/mol. The van der Waals surface area contributed by atoms with E-state index in [2.05, 4.69) is 4.72 Å². The van der Waals surface area contributed by atoms with Crippen molar-refractivity contribution in [2.24, 2.45) is 5.73 Å². The van der Waals surface area contributed by atoms with Crippen molar-refractivity contribution in [2.75, 3.05) is 0 Å². The summed E-state index contributed by atoms with van der Waals surface area (Å²) in [6.07, 6.45) is 5.15. The lowest BCUT2D eigenvalue weighted by Gasteiger charge is -2.34. The number of nitrogens with one attached hydrogen (secondary N) is 1. The summed E-state index contributed by atoms with van der Waals surface area (Å²) >= 11 is 4.92. The first-order valence-electron chi connectivity index (χ1n) is 7.20. The van der Waals surface area contributed by atoms with Crippen molar-refractivity contribution >= 4 is 27.2 Å². The van der Waals surface area contributed by atoms with E-state index in [1.54, 1.807) is 24.3 Å².